The van der Waals surface area contributed by atoms with E-state index in [1.807, 2.05) is 0 Å². The number of thiazole rings is 1. The average Bonchev–Trinajstić information content (AvgIpc) is 3.27. The predicted molar refractivity (Wildman–Crippen MR) is 119 cm³/mol. The van der Waals surface area contributed by atoms with E-state index in [1.54, 1.807) is 36.0 Å². The third-order valence-electron chi connectivity index (χ3n) is 5.38. The Morgan fingerprint density at radius 2 is 2.06 bits per heavy atom. The molecule has 1 saturated heterocycles. The van der Waals surface area contributed by atoms with Crippen molar-refractivity contribution in [3.8, 4) is 10.7 Å². The fourth-order valence-corrected chi connectivity index (χ4v) is 4.51. The van der Waals surface area contributed by atoms with Gasteiger partial charge in [0.05, 0.1) is 30.0 Å². The molecule has 1 amide bonds. The van der Waals surface area contributed by atoms with E-state index < -0.39 is 17.6 Å². The Hall–Kier alpha value is -3.05. The summed E-state index contributed by atoms with van der Waals surface area (Å²) in [7, 11) is 1.61. The molecule has 0 atom stereocenters. The van der Waals surface area contributed by atoms with E-state index in [0.29, 0.717) is 42.3 Å². The number of carbonyl (C=O) groups excluding carboxylic acids is 1. The van der Waals surface area contributed by atoms with E-state index in [0.717, 1.165) is 6.07 Å². The first-order valence-electron chi connectivity index (χ1n) is 10.3. The quantitative estimate of drug-likeness (QED) is 0.566. The second kappa shape index (κ2) is 9.84. The molecule has 3 heterocycles. The van der Waals surface area contributed by atoms with Crippen LogP contribution in [0.15, 0.2) is 42.2 Å². The summed E-state index contributed by atoms with van der Waals surface area (Å²) in [4.78, 5) is 26.7. The zero-order valence-electron chi connectivity index (χ0n) is 17.8. The van der Waals surface area contributed by atoms with E-state index in [9.17, 15) is 18.0 Å². The van der Waals surface area contributed by atoms with Crippen LogP contribution in [0.5, 0.6) is 0 Å². The molecule has 33 heavy (non-hydrogen) atoms. The minimum absolute atomic E-state index is 0.0642. The molecule has 0 aliphatic carbocycles. The number of anilines is 2. The molecule has 0 bridgehead atoms. The Balaban J connectivity index is 1.46. The lowest BCUT2D eigenvalue weighted by atomic mass is 10.0. The molecule has 0 unspecified atom stereocenters. The molecule has 1 N–H and O–H groups in total. The van der Waals surface area contributed by atoms with Crippen molar-refractivity contribution in [1.82, 2.24) is 15.0 Å². The van der Waals surface area contributed by atoms with Gasteiger partial charge in [-0.3, -0.25) is 14.8 Å². The molecule has 3 aromatic rings. The van der Waals surface area contributed by atoms with Crippen molar-refractivity contribution in [2.24, 2.45) is 0 Å². The van der Waals surface area contributed by atoms with E-state index in [-0.39, 0.29) is 23.9 Å². The van der Waals surface area contributed by atoms with E-state index in [4.69, 9.17) is 4.74 Å². The van der Waals surface area contributed by atoms with Gasteiger partial charge in [-0.2, -0.15) is 13.2 Å². The van der Waals surface area contributed by atoms with Gasteiger partial charge >= 0.3 is 6.18 Å². The number of nitrogens with zero attached hydrogens (tertiary/aromatic N) is 4. The minimum atomic E-state index is -4.55. The highest BCUT2D eigenvalue weighted by Gasteiger charge is 2.36. The Kier molecular flexibility index (Phi) is 6.89. The molecule has 174 valence electrons. The highest BCUT2D eigenvalue weighted by atomic mass is 32.1. The summed E-state index contributed by atoms with van der Waals surface area (Å²) >= 11 is 1.32. The fraction of sp³-hybridized carbons (Fsp3) is 0.364. The van der Waals surface area contributed by atoms with Crippen molar-refractivity contribution in [3.63, 3.8) is 0 Å². The third-order valence-corrected chi connectivity index (χ3v) is 6.29. The van der Waals surface area contributed by atoms with Crippen LogP contribution in [-0.2, 0) is 22.1 Å². The first-order chi connectivity index (χ1) is 15.8. The number of ether oxygens (including phenoxy) is 1. The largest absolute Gasteiger partial charge is 0.418 e. The Bertz CT molecular complexity index is 1100. The van der Waals surface area contributed by atoms with Crippen molar-refractivity contribution < 1.29 is 22.7 Å². The van der Waals surface area contributed by atoms with Crippen molar-refractivity contribution >= 4 is 28.6 Å². The molecule has 1 aliphatic rings. The predicted octanol–water partition coefficient (Wildman–Crippen LogP) is 4.42. The molecule has 0 saturated carbocycles. The summed E-state index contributed by atoms with van der Waals surface area (Å²) in [5, 5.41) is 4.89. The number of benzene rings is 1. The summed E-state index contributed by atoms with van der Waals surface area (Å²) in [6.07, 6.45) is 1.44. The van der Waals surface area contributed by atoms with Crippen molar-refractivity contribution in [3.05, 3.63) is 53.4 Å². The van der Waals surface area contributed by atoms with Gasteiger partial charge in [0.2, 0.25) is 5.91 Å². The second-order valence-corrected chi connectivity index (χ2v) is 8.47. The minimum Gasteiger partial charge on any atom is -0.381 e. The standard InChI is InChI=1S/C22H22F3N5O2S/c1-32-16-4-8-30(9-5-16)19-3-2-14(10-17(19)22(23,24)25)28-20(31)11-15-13-33-21(29-15)18-12-26-6-7-27-18/h2-3,6-7,10,12-13,16H,4-5,8-9,11H2,1H3,(H,28,31). The van der Waals surface area contributed by atoms with Crippen LogP contribution >= 0.6 is 11.3 Å². The Morgan fingerprint density at radius 3 is 2.73 bits per heavy atom. The normalized spacial score (nSPS) is 15.0. The zero-order valence-corrected chi connectivity index (χ0v) is 18.6. The summed E-state index contributed by atoms with van der Waals surface area (Å²) in [6, 6.07) is 3.90. The summed E-state index contributed by atoms with van der Waals surface area (Å²) in [5.41, 5.74) is 0.533. The van der Waals surface area contributed by atoms with Crippen LogP contribution in [0.3, 0.4) is 0 Å². The molecule has 2 aromatic heterocycles. The highest BCUT2D eigenvalue weighted by molar-refractivity contribution is 7.13. The number of hydrogen-bond acceptors (Lipinski definition) is 7. The maximum absolute atomic E-state index is 13.8. The number of carbonyl (C=O) groups is 1. The lowest BCUT2D eigenvalue weighted by Crippen LogP contribution is -2.37. The first-order valence-corrected chi connectivity index (χ1v) is 11.2. The maximum atomic E-state index is 13.8. The van der Waals surface area contributed by atoms with E-state index in [1.165, 1.54) is 23.5 Å². The molecular formula is C22H22F3N5O2S. The van der Waals surface area contributed by atoms with Crippen LogP contribution in [0.1, 0.15) is 24.1 Å². The van der Waals surface area contributed by atoms with Crippen molar-refractivity contribution in [2.75, 3.05) is 30.4 Å². The van der Waals surface area contributed by atoms with Gasteiger partial charge in [-0.25, -0.2) is 4.98 Å². The molecule has 1 fully saturated rings. The smallest absolute Gasteiger partial charge is 0.381 e. The highest BCUT2D eigenvalue weighted by Crippen LogP contribution is 2.39. The number of piperidine rings is 1. The van der Waals surface area contributed by atoms with Crippen LogP contribution in [0.4, 0.5) is 24.5 Å². The fourth-order valence-electron chi connectivity index (χ4n) is 3.73. The van der Waals surface area contributed by atoms with Gasteiger partial charge in [0, 0.05) is 49.3 Å². The number of nitrogens with one attached hydrogen (secondary N) is 1. The molecule has 7 nitrogen and oxygen atoms in total. The molecular weight excluding hydrogens is 455 g/mol. The third kappa shape index (κ3) is 5.66. The topological polar surface area (TPSA) is 80.2 Å². The number of alkyl halides is 3. The zero-order chi connectivity index (χ0) is 23.4. The second-order valence-electron chi connectivity index (χ2n) is 7.61. The molecule has 1 aliphatic heterocycles. The van der Waals surface area contributed by atoms with Crippen LogP contribution in [-0.4, -0.2) is 47.2 Å². The van der Waals surface area contributed by atoms with Gasteiger partial charge in [0.25, 0.3) is 0 Å². The maximum Gasteiger partial charge on any atom is 0.418 e. The van der Waals surface area contributed by atoms with Crippen LogP contribution in [0, 0.1) is 0 Å². The van der Waals surface area contributed by atoms with Crippen LogP contribution < -0.4 is 10.2 Å². The van der Waals surface area contributed by atoms with Gasteiger partial charge < -0.3 is 15.0 Å². The number of halogens is 3. The van der Waals surface area contributed by atoms with E-state index in [2.05, 4.69) is 20.3 Å². The lowest BCUT2D eigenvalue weighted by molar-refractivity contribution is -0.137. The first kappa shape index (κ1) is 23.1. The summed E-state index contributed by atoms with van der Waals surface area (Å²) < 4.78 is 46.7. The van der Waals surface area contributed by atoms with Crippen molar-refractivity contribution in [2.45, 2.75) is 31.5 Å². The Labute approximate surface area is 192 Å². The number of amides is 1. The van der Waals surface area contributed by atoms with Crippen LogP contribution in [0.25, 0.3) is 10.7 Å². The van der Waals surface area contributed by atoms with Crippen molar-refractivity contribution in [1.29, 1.82) is 0 Å². The molecule has 11 heteroatoms. The Morgan fingerprint density at radius 1 is 1.27 bits per heavy atom. The van der Waals surface area contributed by atoms with Gasteiger partial charge in [0.1, 0.15) is 10.7 Å². The number of methoxy groups -OCH3 is 1. The number of hydrogen-bond donors (Lipinski definition) is 1. The van der Waals surface area contributed by atoms with Gasteiger partial charge in [-0.1, -0.05) is 0 Å². The molecule has 4 rings (SSSR count). The van der Waals surface area contributed by atoms with Gasteiger partial charge in [0.15, 0.2) is 0 Å². The monoisotopic (exact) mass is 477 g/mol. The van der Waals surface area contributed by atoms with Crippen LogP contribution in [0.2, 0.25) is 0 Å². The number of rotatable bonds is 6. The average molecular weight is 478 g/mol. The SMILES string of the molecule is COC1CCN(c2ccc(NC(=O)Cc3csc(-c4cnccn4)n3)cc2C(F)(F)F)CC1. The molecule has 1 aromatic carbocycles. The number of aromatic nitrogens is 3. The van der Waals surface area contributed by atoms with Gasteiger partial charge in [-0.05, 0) is 31.0 Å². The van der Waals surface area contributed by atoms with E-state index >= 15 is 0 Å². The summed E-state index contributed by atoms with van der Waals surface area (Å²) in [5.74, 6) is -0.451. The van der Waals surface area contributed by atoms with Gasteiger partial charge in [-0.15, -0.1) is 11.3 Å². The molecule has 0 spiro atoms. The lowest BCUT2D eigenvalue weighted by Gasteiger charge is -2.34. The summed E-state index contributed by atoms with van der Waals surface area (Å²) in [6.45, 7) is 0.955. The molecule has 0 radical (unpaired) electrons.